The topological polar surface area (TPSA) is 9.23 Å². The Morgan fingerprint density at radius 2 is 1.30 bits per heavy atom. The Morgan fingerprint density at radius 1 is 0.778 bits per heavy atom. The molecule has 3 aromatic rings. The number of thioether (sulfide) groups is 2. The van der Waals surface area contributed by atoms with Crippen LogP contribution in [-0.2, 0) is 0 Å². The Balaban J connectivity index is 2.00. The molecule has 27 heavy (non-hydrogen) atoms. The van der Waals surface area contributed by atoms with Crippen molar-refractivity contribution in [3.8, 4) is 5.75 Å². The fourth-order valence-corrected chi connectivity index (χ4v) is 6.35. The van der Waals surface area contributed by atoms with E-state index in [4.69, 9.17) is 4.43 Å². The monoisotopic (exact) mass is 474 g/mol. The third kappa shape index (κ3) is 6.45. The minimum Gasteiger partial charge on any atom is -0.544 e. The number of halogens is 1. The molecule has 0 aromatic heterocycles. The molecule has 0 saturated heterocycles. The zero-order chi connectivity index (χ0) is 19.3. The van der Waals surface area contributed by atoms with E-state index >= 15 is 0 Å². The lowest BCUT2D eigenvalue weighted by atomic mass is 10.2. The third-order valence-corrected chi connectivity index (χ3v) is 7.54. The summed E-state index contributed by atoms with van der Waals surface area (Å²) in [4.78, 5) is 2.51. The zero-order valence-electron chi connectivity index (χ0n) is 15.7. The summed E-state index contributed by atoms with van der Waals surface area (Å²) >= 11 is 7.38. The highest BCUT2D eigenvalue weighted by Crippen LogP contribution is 2.50. The SMILES string of the molecule is C[Si](C)(C)Oc1ccc(Br)cc1C(Sc1ccccc1)Sc1ccccc1. The fraction of sp³-hybridized carbons (Fsp3) is 0.182. The number of hydrogen-bond donors (Lipinski definition) is 0. The first-order valence-electron chi connectivity index (χ1n) is 8.82. The predicted octanol–water partition coefficient (Wildman–Crippen LogP) is 8.25. The van der Waals surface area contributed by atoms with E-state index in [0.717, 1.165) is 10.2 Å². The second-order valence-corrected chi connectivity index (χ2v) is 15.1. The van der Waals surface area contributed by atoms with Gasteiger partial charge in [-0.05, 0) is 62.1 Å². The molecule has 0 radical (unpaired) electrons. The third-order valence-electron chi connectivity index (χ3n) is 3.61. The van der Waals surface area contributed by atoms with Gasteiger partial charge in [0.1, 0.15) is 5.75 Å². The molecular formula is C22H23BrOS2Si. The first-order chi connectivity index (χ1) is 12.9. The van der Waals surface area contributed by atoms with Gasteiger partial charge in [0.15, 0.2) is 0 Å². The Morgan fingerprint density at radius 3 is 1.78 bits per heavy atom. The molecule has 0 fully saturated rings. The summed E-state index contributed by atoms with van der Waals surface area (Å²) in [7, 11) is -1.71. The van der Waals surface area contributed by atoms with Gasteiger partial charge in [-0.1, -0.05) is 52.3 Å². The van der Waals surface area contributed by atoms with E-state index in [1.165, 1.54) is 15.4 Å². The molecule has 140 valence electrons. The van der Waals surface area contributed by atoms with Crippen molar-refractivity contribution >= 4 is 47.8 Å². The smallest absolute Gasteiger partial charge is 0.242 e. The minimum atomic E-state index is -1.71. The van der Waals surface area contributed by atoms with Crippen LogP contribution < -0.4 is 4.43 Å². The molecule has 0 spiro atoms. The zero-order valence-corrected chi connectivity index (χ0v) is 19.9. The molecule has 0 amide bonds. The summed E-state index contributed by atoms with van der Waals surface area (Å²) in [5, 5.41) is 0. The average Bonchev–Trinajstić information content (AvgIpc) is 2.63. The molecule has 3 rings (SSSR count). The Labute approximate surface area is 180 Å². The van der Waals surface area contributed by atoms with Gasteiger partial charge in [-0.15, -0.1) is 23.5 Å². The van der Waals surface area contributed by atoms with Gasteiger partial charge in [-0.3, -0.25) is 0 Å². The van der Waals surface area contributed by atoms with E-state index in [0.29, 0.717) is 0 Å². The van der Waals surface area contributed by atoms with Crippen molar-refractivity contribution in [2.24, 2.45) is 0 Å². The van der Waals surface area contributed by atoms with Gasteiger partial charge < -0.3 is 4.43 Å². The highest BCUT2D eigenvalue weighted by atomic mass is 79.9. The van der Waals surface area contributed by atoms with Crippen molar-refractivity contribution in [2.45, 2.75) is 34.0 Å². The maximum Gasteiger partial charge on any atom is 0.242 e. The second kappa shape index (κ2) is 9.37. The quantitative estimate of drug-likeness (QED) is 0.193. The maximum absolute atomic E-state index is 6.44. The molecule has 0 bridgehead atoms. The van der Waals surface area contributed by atoms with Gasteiger partial charge in [0.05, 0.1) is 4.58 Å². The molecule has 0 saturated carbocycles. The van der Waals surface area contributed by atoms with E-state index in [1.54, 1.807) is 0 Å². The molecule has 5 heteroatoms. The van der Waals surface area contributed by atoms with Crippen molar-refractivity contribution in [1.82, 2.24) is 0 Å². The Hall–Kier alpha value is -1.14. The van der Waals surface area contributed by atoms with Crippen LogP contribution in [0, 0.1) is 0 Å². The summed E-state index contributed by atoms with van der Waals surface area (Å²) in [5.74, 6) is 0.995. The van der Waals surface area contributed by atoms with Gasteiger partial charge in [0.2, 0.25) is 8.32 Å². The van der Waals surface area contributed by atoms with Crippen molar-refractivity contribution in [3.63, 3.8) is 0 Å². The van der Waals surface area contributed by atoms with Crippen LogP contribution in [0.4, 0.5) is 0 Å². The second-order valence-electron chi connectivity index (χ2n) is 7.09. The fourth-order valence-electron chi connectivity index (χ4n) is 2.52. The lowest BCUT2D eigenvalue weighted by molar-refractivity contribution is 0.552. The van der Waals surface area contributed by atoms with Crippen molar-refractivity contribution in [1.29, 1.82) is 0 Å². The van der Waals surface area contributed by atoms with Crippen molar-refractivity contribution in [3.05, 3.63) is 88.9 Å². The first kappa shape index (κ1) is 20.6. The van der Waals surface area contributed by atoms with Crippen molar-refractivity contribution < 1.29 is 4.43 Å². The highest BCUT2D eigenvalue weighted by molar-refractivity contribution is 9.10. The van der Waals surface area contributed by atoms with Crippen LogP contribution in [-0.4, -0.2) is 8.32 Å². The normalized spacial score (nSPS) is 11.6. The Kier molecular flexibility index (Phi) is 7.14. The molecule has 0 aliphatic carbocycles. The summed E-state index contributed by atoms with van der Waals surface area (Å²) in [6, 6.07) is 27.5. The summed E-state index contributed by atoms with van der Waals surface area (Å²) in [6.07, 6.45) is 0. The van der Waals surface area contributed by atoms with Crippen LogP contribution in [0.15, 0.2) is 93.1 Å². The largest absolute Gasteiger partial charge is 0.544 e. The van der Waals surface area contributed by atoms with E-state index in [1.807, 2.05) is 23.5 Å². The average molecular weight is 476 g/mol. The van der Waals surface area contributed by atoms with Gasteiger partial charge in [0.25, 0.3) is 0 Å². The molecule has 0 aliphatic heterocycles. The highest BCUT2D eigenvalue weighted by Gasteiger charge is 2.24. The molecule has 0 atom stereocenters. The lowest BCUT2D eigenvalue weighted by Gasteiger charge is -2.25. The van der Waals surface area contributed by atoms with Crippen LogP contribution >= 0.6 is 39.5 Å². The van der Waals surface area contributed by atoms with Crippen LogP contribution in [0.3, 0.4) is 0 Å². The van der Waals surface area contributed by atoms with E-state index in [9.17, 15) is 0 Å². The lowest BCUT2D eigenvalue weighted by Crippen LogP contribution is -2.29. The van der Waals surface area contributed by atoms with Crippen molar-refractivity contribution in [2.75, 3.05) is 0 Å². The summed E-state index contributed by atoms with van der Waals surface area (Å²) < 4.78 is 7.71. The maximum atomic E-state index is 6.44. The number of hydrogen-bond acceptors (Lipinski definition) is 3. The minimum absolute atomic E-state index is 0.193. The van der Waals surface area contributed by atoms with Gasteiger partial charge in [-0.2, -0.15) is 0 Å². The van der Waals surface area contributed by atoms with Crippen LogP contribution in [0.2, 0.25) is 19.6 Å². The summed E-state index contributed by atoms with van der Waals surface area (Å²) in [6.45, 7) is 6.67. The predicted molar refractivity (Wildman–Crippen MR) is 125 cm³/mol. The van der Waals surface area contributed by atoms with Crippen LogP contribution in [0.25, 0.3) is 0 Å². The molecule has 3 aromatic carbocycles. The molecule has 0 N–H and O–H groups in total. The molecule has 1 nitrogen and oxygen atoms in total. The van der Waals surface area contributed by atoms with Gasteiger partial charge in [0, 0.05) is 19.8 Å². The molecule has 0 unspecified atom stereocenters. The molecule has 0 aliphatic rings. The van der Waals surface area contributed by atoms with Gasteiger partial charge in [-0.25, -0.2) is 0 Å². The van der Waals surface area contributed by atoms with E-state index < -0.39 is 8.32 Å². The van der Waals surface area contributed by atoms with Crippen LogP contribution in [0.1, 0.15) is 10.1 Å². The van der Waals surface area contributed by atoms with Crippen LogP contribution in [0.5, 0.6) is 5.75 Å². The van der Waals surface area contributed by atoms with E-state index in [-0.39, 0.29) is 4.58 Å². The van der Waals surface area contributed by atoms with Gasteiger partial charge >= 0.3 is 0 Å². The number of benzene rings is 3. The number of rotatable bonds is 7. The standard InChI is InChI=1S/C22H23BrOS2Si/c1-27(2,3)24-21-15-14-17(23)16-20(21)22(25-18-10-6-4-7-11-18)26-19-12-8-5-9-13-19/h4-16,22H,1-3H3. The molecular weight excluding hydrogens is 452 g/mol. The van der Waals surface area contributed by atoms with E-state index in [2.05, 4.69) is 114 Å². The Bertz CT molecular complexity index is 825. The molecule has 0 heterocycles. The first-order valence-corrected chi connectivity index (χ1v) is 14.8. The summed E-state index contributed by atoms with van der Waals surface area (Å²) in [5.41, 5.74) is 1.22.